The van der Waals surface area contributed by atoms with Gasteiger partial charge in [0.1, 0.15) is 0 Å². The van der Waals surface area contributed by atoms with E-state index in [-0.39, 0.29) is 5.91 Å². The highest BCUT2D eigenvalue weighted by atomic mass is 35.5. The Morgan fingerprint density at radius 1 is 1.10 bits per heavy atom. The highest BCUT2D eigenvalue weighted by molar-refractivity contribution is 6.42. The van der Waals surface area contributed by atoms with Crippen LogP contribution in [0.15, 0.2) is 53.6 Å². The second-order valence-corrected chi connectivity index (χ2v) is 4.94. The monoisotopic (exact) mass is 306 g/mol. The molecule has 5 heteroatoms. The summed E-state index contributed by atoms with van der Waals surface area (Å²) in [6.07, 6.45) is 1.81. The minimum Gasteiger partial charge on any atom is -0.273 e. The van der Waals surface area contributed by atoms with Crippen LogP contribution in [0.3, 0.4) is 0 Å². The summed E-state index contributed by atoms with van der Waals surface area (Å²) in [6.45, 7) is 0. The number of nitrogens with zero attached hydrogens (tertiary/aromatic N) is 1. The van der Waals surface area contributed by atoms with Gasteiger partial charge in [0.05, 0.1) is 22.7 Å². The molecule has 0 unspecified atom stereocenters. The minimum atomic E-state index is -0.174. The van der Waals surface area contributed by atoms with Crippen LogP contribution in [0, 0.1) is 0 Å². The predicted octanol–water partition coefficient (Wildman–Crippen LogP) is 3.69. The zero-order valence-electron chi connectivity index (χ0n) is 10.5. The summed E-state index contributed by atoms with van der Waals surface area (Å²) in [7, 11) is 0. The zero-order chi connectivity index (χ0) is 14.4. The molecule has 2 rings (SSSR count). The number of carbonyl (C=O) groups is 1. The summed E-state index contributed by atoms with van der Waals surface area (Å²) in [5, 5.41) is 4.82. The summed E-state index contributed by atoms with van der Waals surface area (Å²) in [4.78, 5) is 11.7. The van der Waals surface area contributed by atoms with E-state index in [1.54, 1.807) is 18.2 Å². The third kappa shape index (κ3) is 4.37. The minimum absolute atomic E-state index is 0.174. The average Bonchev–Trinajstić information content (AvgIpc) is 2.44. The number of hydrogen-bond acceptors (Lipinski definition) is 2. The predicted molar refractivity (Wildman–Crippen MR) is 82.3 cm³/mol. The Hall–Kier alpha value is -1.84. The lowest BCUT2D eigenvalue weighted by Crippen LogP contribution is -2.19. The number of amides is 1. The first kappa shape index (κ1) is 14.6. The van der Waals surface area contributed by atoms with E-state index < -0.39 is 0 Å². The lowest BCUT2D eigenvalue weighted by Gasteiger charge is -2.00. The van der Waals surface area contributed by atoms with Gasteiger partial charge in [0.15, 0.2) is 0 Å². The standard InChI is InChI=1S/C15H12Cl2N2O/c16-13-7-6-12(8-14(13)17)10-18-19-15(20)9-11-4-2-1-3-5-11/h1-8,10H,9H2,(H,19,20)/b18-10+. The Bertz CT molecular complexity index is 627. The molecule has 0 saturated carbocycles. The van der Waals surface area contributed by atoms with Crippen LogP contribution < -0.4 is 5.43 Å². The SMILES string of the molecule is O=C(Cc1ccccc1)N/N=C/c1ccc(Cl)c(Cl)c1. The van der Waals surface area contributed by atoms with Crippen LogP contribution in [0.25, 0.3) is 0 Å². The van der Waals surface area contributed by atoms with Gasteiger partial charge in [0, 0.05) is 0 Å². The molecule has 1 amide bonds. The maximum absolute atomic E-state index is 11.7. The van der Waals surface area contributed by atoms with Gasteiger partial charge in [-0.1, -0.05) is 59.6 Å². The average molecular weight is 307 g/mol. The number of hydrazone groups is 1. The third-order valence-electron chi connectivity index (χ3n) is 2.55. The zero-order valence-corrected chi connectivity index (χ0v) is 12.0. The van der Waals surface area contributed by atoms with Crippen molar-refractivity contribution >= 4 is 35.3 Å². The fourth-order valence-electron chi connectivity index (χ4n) is 1.59. The van der Waals surface area contributed by atoms with E-state index in [0.29, 0.717) is 16.5 Å². The first-order valence-corrected chi connectivity index (χ1v) is 6.71. The topological polar surface area (TPSA) is 41.5 Å². The van der Waals surface area contributed by atoms with Crippen LogP contribution >= 0.6 is 23.2 Å². The van der Waals surface area contributed by atoms with Gasteiger partial charge in [-0.3, -0.25) is 4.79 Å². The van der Waals surface area contributed by atoms with E-state index in [0.717, 1.165) is 11.1 Å². The van der Waals surface area contributed by atoms with E-state index in [2.05, 4.69) is 10.5 Å². The van der Waals surface area contributed by atoms with Crippen molar-refractivity contribution in [3.05, 3.63) is 69.7 Å². The maximum atomic E-state index is 11.7. The largest absolute Gasteiger partial charge is 0.273 e. The quantitative estimate of drug-likeness (QED) is 0.679. The number of nitrogens with one attached hydrogen (secondary N) is 1. The van der Waals surface area contributed by atoms with Gasteiger partial charge in [-0.2, -0.15) is 5.10 Å². The van der Waals surface area contributed by atoms with Gasteiger partial charge in [-0.05, 0) is 23.3 Å². The highest BCUT2D eigenvalue weighted by Crippen LogP contribution is 2.21. The number of hydrogen-bond donors (Lipinski definition) is 1. The summed E-state index contributed by atoms with van der Waals surface area (Å²) < 4.78 is 0. The molecule has 0 fully saturated rings. The lowest BCUT2D eigenvalue weighted by atomic mass is 10.1. The van der Waals surface area contributed by atoms with Crippen molar-refractivity contribution in [1.82, 2.24) is 5.43 Å². The molecule has 0 aromatic heterocycles. The molecule has 3 nitrogen and oxygen atoms in total. The summed E-state index contributed by atoms with van der Waals surface area (Å²) >= 11 is 11.7. The first-order valence-electron chi connectivity index (χ1n) is 5.96. The molecule has 0 atom stereocenters. The molecule has 102 valence electrons. The molecule has 0 saturated heterocycles. The van der Waals surface area contributed by atoms with Gasteiger partial charge in [-0.25, -0.2) is 5.43 Å². The lowest BCUT2D eigenvalue weighted by molar-refractivity contribution is -0.120. The van der Waals surface area contributed by atoms with E-state index in [9.17, 15) is 4.79 Å². The molecule has 1 N–H and O–H groups in total. The Morgan fingerprint density at radius 3 is 2.55 bits per heavy atom. The molecule has 20 heavy (non-hydrogen) atoms. The Labute approximate surface area is 127 Å². The van der Waals surface area contributed by atoms with Crippen LogP contribution in [0.5, 0.6) is 0 Å². The van der Waals surface area contributed by atoms with Crippen molar-refractivity contribution < 1.29 is 4.79 Å². The van der Waals surface area contributed by atoms with Gasteiger partial charge in [0.2, 0.25) is 5.91 Å². The van der Waals surface area contributed by atoms with Gasteiger partial charge >= 0.3 is 0 Å². The number of halogens is 2. The molecule has 0 aliphatic rings. The normalized spacial score (nSPS) is 10.7. The fourth-order valence-corrected chi connectivity index (χ4v) is 1.90. The molecule has 2 aromatic carbocycles. The molecular weight excluding hydrogens is 295 g/mol. The maximum Gasteiger partial charge on any atom is 0.244 e. The van der Waals surface area contributed by atoms with Crippen LogP contribution in [0.2, 0.25) is 10.0 Å². The second kappa shape index (κ2) is 7.08. The molecule has 0 aliphatic heterocycles. The summed E-state index contributed by atoms with van der Waals surface area (Å²) in [5.74, 6) is -0.174. The van der Waals surface area contributed by atoms with Crippen LogP contribution in [-0.4, -0.2) is 12.1 Å². The van der Waals surface area contributed by atoms with Crippen LogP contribution in [0.1, 0.15) is 11.1 Å². The van der Waals surface area contributed by atoms with Crippen LogP contribution in [-0.2, 0) is 11.2 Å². The molecule has 0 radical (unpaired) electrons. The molecule has 2 aromatic rings. The fraction of sp³-hybridized carbons (Fsp3) is 0.0667. The number of carbonyl (C=O) groups excluding carboxylic acids is 1. The third-order valence-corrected chi connectivity index (χ3v) is 3.29. The Kier molecular flexibility index (Phi) is 5.16. The van der Waals surface area contributed by atoms with E-state index in [1.807, 2.05) is 30.3 Å². The van der Waals surface area contributed by atoms with Crippen molar-refractivity contribution in [2.45, 2.75) is 6.42 Å². The smallest absolute Gasteiger partial charge is 0.244 e. The van der Waals surface area contributed by atoms with Crippen molar-refractivity contribution in [1.29, 1.82) is 0 Å². The molecular formula is C15H12Cl2N2O. The summed E-state index contributed by atoms with van der Waals surface area (Å²) in [6, 6.07) is 14.6. The number of benzene rings is 2. The first-order chi connectivity index (χ1) is 9.65. The van der Waals surface area contributed by atoms with E-state index >= 15 is 0 Å². The van der Waals surface area contributed by atoms with Crippen LogP contribution in [0.4, 0.5) is 0 Å². The highest BCUT2D eigenvalue weighted by Gasteiger charge is 2.01. The Morgan fingerprint density at radius 2 is 1.85 bits per heavy atom. The van der Waals surface area contributed by atoms with E-state index in [1.165, 1.54) is 6.21 Å². The van der Waals surface area contributed by atoms with E-state index in [4.69, 9.17) is 23.2 Å². The van der Waals surface area contributed by atoms with Gasteiger partial charge in [-0.15, -0.1) is 0 Å². The second-order valence-electron chi connectivity index (χ2n) is 4.13. The molecule has 0 heterocycles. The van der Waals surface area contributed by atoms with Crippen molar-refractivity contribution in [3.63, 3.8) is 0 Å². The molecule has 0 spiro atoms. The van der Waals surface area contributed by atoms with Gasteiger partial charge in [0.25, 0.3) is 0 Å². The molecule has 0 aliphatic carbocycles. The van der Waals surface area contributed by atoms with Crippen molar-refractivity contribution in [3.8, 4) is 0 Å². The Balaban J connectivity index is 1.89. The van der Waals surface area contributed by atoms with Crippen molar-refractivity contribution in [2.75, 3.05) is 0 Å². The molecule has 0 bridgehead atoms. The summed E-state index contributed by atoms with van der Waals surface area (Å²) in [5.41, 5.74) is 4.17. The van der Waals surface area contributed by atoms with Gasteiger partial charge < -0.3 is 0 Å². The van der Waals surface area contributed by atoms with Crippen molar-refractivity contribution in [2.24, 2.45) is 5.10 Å². The number of rotatable bonds is 4.